The molecule has 8 heteroatoms. The number of nitrogens with zero attached hydrogens (tertiary/aromatic N) is 6. The lowest BCUT2D eigenvalue weighted by Gasteiger charge is -2.09. The van der Waals surface area contributed by atoms with Crippen LogP contribution in [0.4, 0.5) is 0 Å². The van der Waals surface area contributed by atoms with Crippen LogP contribution in [0.15, 0.2) is 55.8 Å². The Balaban J connectivity index is 1.90. The molecule has 0 aliphatic heterocycles. The van der Waals surface area contributed by atoms with Crippen molar-refractivity contribution in [1.29, 1.82) is 5.26 Å². The lowest BCUT2D eigenvalue weighted by molar-refractivity contribution is -0.112. The predicted molar refractivity (Wildman–Crippen MR) is 108 cm³/mol. The second-order valence-corrected chi connectivity index (χ2v) is 6.47. The summed E-state index contributed by atoms with van der Waals surface area (Å²) in [7, 11) is 0. The maximum atomic E-state index is 11.3. The fourth-order valence-electron chi connectivity index (χ4n) is 3.12. The Morgan fingerprint density at radius 1 is 1.17 bits per heavy atom. The first-order valence-corrected chi connectivity index (χ1v) is 8.91. The first kappa shape index (κ1) is 18.1. The molecule has 8 nitrogen and oxygen atoms in total. The van der Waals surface area contributed by atoms with Crippen LogP contribution in [0.1, 0.15) is 18.2 Å². The summed E-state index contributed by atoms with van der Waals surface area (Å²) in [6.07, 6.45) is 8.79. The van der Waals surface area contributed by atoms with Gasteiger partial charge in [-0.15, -0.1) is 0 Å². The van der Waals surface area contributed by atoms with Gasteiger partial charge in [-0.05, 0) is 19.1 Å². The molecule has 0 spiro atoms. The number of hydrogen-bond donors (Lipinski definition) is 1. The number of carbonyl (C=O) groups excluding carboxylic acids is 1. The van der Waals surface area contributed by atoms with E-state index < -0.39 is 5.91 Å². The molecule has 4 aromatic heterocycles. The third kappa shape index (κ3) is 3.15. The first-order chi connectivity index (χ1) is 14.0. The monoisotopic (exact) mass is 383 g/mol. The summed E-state index contributed by atoms with van der Waals surface area (Å²) in [5.41, 5.74) is 10.4. The van der Waals surface area contributed by atoms with Crippen molar-refractivity contribution in [2.24, 2.45) is 5.73 Å². The van der Waals surface area contributed by atoms with Gasteiger partial charge in [-0.1, -0.05) is 12.6 Å². The highest BCUT2D eigenvalue weighted by Gasteiger charge is 2.15. The summed E-state index contributed by atoms with van der Waals surface area (Å²) in [5, 5.41) is 18.2. The van der Waals surface area contributed by atoms with Gasteiger partial charge in [-0.25, -0.2) is 4.52 Å². The van der Waals surface area contributed by atoms with Crippen molar-refractivity contribution >= 4 is 17.0 Å². The fraction of sp³-hybridized carbons (Fsp3) is 0.0952. The molecule has 0 bridgehead atoms. The Bertz CT molecular complexity index is 1290. The summed E-state index contributed by atoms with van der Waals surface area (Å²) >= 11 is 0. The number of primary amides is 1. The second kappa shape index (κ2) is 7.05. The third-order valence-corrected chi connectivity index (χ3v) is 4.70. The molecule has 0 saturated carbocycles. The fourth-order valence-corrected chi connectivity index (χ4v) is 3.12. The van der Waals surface area contributed by atoms with Gasteiger partial charge in [-0.3, -0.25) is 14.5 Å². The van der Waals surface area contributed by atoms with E-state index in [0.717, 1.165) is 28.8 Å². The van der Waals surface area contributed by atoms with Gasteiger partial charge < -0.3 is 5.73 Å². The van der Waals surface area contributed by atoms with Gasteiger partial charge in [0.05, 0.1) is 34.7 Å². The zero-order chi connectivity index (χ0) is 20.5. The van der Waals surface area contributed by atoms with E-state index in [1.165, 1.54) is 6.20 Å². The van der Waals surface area contributed by atoms with Crippen LogP contribution in [0, 0.1) is 11.3 Å². The van der Waals surface area contributed by atoms with E-state index in [-0.39, 0.29) is 5.57 Å². The van der Waals surface area contributed by atoms with Crippen LogP contribution >= 0.6 is 0 Å². The van der Waals surface area contributed by atoms with E-state index in [1.807, 2.05) is 36.1 Å². The minimum absolute atomic E-state index is 0.143. The van der Waals surface area contributed by atoms with Crippen molar-refractivity contribution in [3.63, 3.8) is 0 Å². The van der Waals surface area contributed by atoms with Crippen LogP contribution in [0.2, 0.25) is 0 Å². The quantitative estimate of drug-likeness (QED) is 0.532. The number of nitriles is 1. The van der Waals surface area contributed by atoms with Crippen LogP contribution in [-0.2, 0) is 11.3 Å². The molecule has 4 rings (SSSR count). The normalized spacial score (nSPS) is 10.8. The number of pyridine rings is 2. The molecule has 0 aliphatic rings. The largest absolute Gasteiger partial charge is 0.366 e. The minimum atomic E-state index is -0.620. The molecular weight excluding hydrogens is 366 g/mol. The van der Waals surface area contributed by atoms with Crippen LogP contribution < -0.4 is 5.73 Å². The summed E-state index contributed by atoms with van der Waals surface area (Å²) < 4.78 is 3.53. The Labute approximate surface area is 166 Å². The van der Waals surface area contributed by atoms with E-state index in [2.05, 4.69) is 27.8 Å². The van der Waals surface area contributed by atoms with Crippen LogP contribution in [-0.4, -0.2) is 30.3 Å². The lowest BCUT2D eigenvalue weighted by Crippen LogP contribution is -2.12. The maximum Gasteiger partial charge on any atom is 0.250 e. The number of hydrogen-bond acceptors (Lipinski definition) is 5. The van der Waals surface area contributed by atoms with Gasteiger partial charge in [0.2, 0.25) is 5.91 Å². The molecule has 0 saturated heterocycles. The zero-order valence-corrected chi connectivity index (χ0v) is 15.7. The maximum absolute atomic E-state index is 11.3. The second-order valence-electron chi connectivity index (χ2n) is 6.47. The van der Waals surface area contributed by atoms with E-state index in [1.54, 1.807) is 23.0 Å². The molecule has 0 fully saturated rings. The van der Waals surface area contributed by atoms with Crippen molar-refractivity contribution < 1.29 is 4.79 Å². The number of aryl methyl sites for hydroxylation is 1. The summed E-state index contributed by atoms with van der Waals surface area (Å²) in [6.45, 7) is 6.44. The van der Waals surface area contributed by atoms with Gasteiger partial charge in [0, 0.05) is 47.4 Å². The molecule has 1 amide bonds. The van der Waals surface area contributed by atoms with Gasteiger partial charge >= 0.3 is 0 Å². The summed E-state index contributed by atoms with van der Waals surface area (Å²) in [6, 6.07) is 7.66. The molecular formula is C21H17N7O. The van der Waals surface area contributed by atoms with Crippen molar-refractivity contribution in [3.8, 4) is 28.3 Å². The summed E-state index contributed by atoms with van der Waals surface area (Å²) in [5.74, 6) is -0.620. The van der Waals surface area contributed by atoms with Gasteiger partial charge in [-0.2, -0.15) is 15.5 Å². The number of amides is 1. The Morgan fingerprint density at radius 3 is 2.62 bits per heavy atom. The number of carbonyl (C=O) groups is 1. The average Bonchev–Trinajstić information content (AvgIpc) is 3.39. The Kier molecular flexibility index (Phi) is 4.41. The number of fused-ring (bicyclic) bond motifs is 1. The average molecular weight is 383 g/mol. The van der Waals surface area contributed by atoms with Crippen molar-refractivity contribution in [3.05, 3.63) is 67.0 Å². The highest BCUT2D eigenvalue weighted by atomic mass is 16.1. The van der Waals surface area contributed by atoms with E-state index >= 15 is 0 Å². The van der Waals surface area contributed by atoms with Crippen molar-refractivity contribution in [1.82, 2.24) is 24.4 Å². The first-order valence-electron chi connectivity index (χ1n) is 8.91. The molecule has 0 aliphatic carbocycles. The van der Waals surface area contributed by atoms with E-state index in [4.69, 9.17) is 5.73 Å². The highest BCUT2D eigenvalue weighted by molar-refractivity contribution is 6.17. The molecule has 0 atom stereocenters. The van der Waals surface area contributed by atoms with Gasteiger partial charge in [0.15, 0.2) is 0 Å². The smallest absolute Gasteiger partial charge is 0.250 e. The molecule has 29 heavy (non-hydrogen) atoms. The lowest BCUT2D eigenvalue weighted by atomic mass is 10.0. The van der Waals surface area contributed by atoms with Crippen LogP contribution in [0.25, 0.3) is 33.3 Å². The summed E-state index contributed by atoms with van der Waals surface area (Å²) in [4.78, 5) is 15.6. The number of aromatic nitrogens is 5. The van der Waals surface area contributed by atoms with Crippen LogP contribution in [0.5, 0.6) is 0 Å². The Morgan fingerprint density at radius 2 is 2.00 bits per heavy atom. The molecule has 0 aromatic carbocycles. The standard InChI is InChI=1S/C21H17N7O/c1-3-27-11-17(10-25-27)15-6-18(20-16(7-22)9-26-28(20)12-15)14-4-5-19(24-8-14)13(2)21(23)29/h4-6,8-12H,2-3H2,1H3,(H2,23,29). The highest BCUT2D eigenvalue weighted by Crippen LogP contribution is 2.32. The molecule has 4 aromatic rings. The minimum Gasteiger partial charge on any atom is -0.366 e. The van der Waals surface area contributed by atoms with Gasteiger partial charge in [0.1, 0.15) is 6.07 Å². The van der Waals surface area contributed by atoms with Gasteiger partial charge in [0.25, 0.3) is 0 Å². The molecule has 0 unspecified atom stereocenters. The number of nitrogens with two attached hydrogens (primary N) is 1. The molecule has 0 radical (unpaired) electrons. The van der Waals surface area contributed by atoms with Crippen LogP contribution in [0.3, 0.4) is 0 Å². The van der Waals surface area contributed by atoms with E-state index in [9.17, 15) is 10.1 Å². The third-order valence-electron chi connectivity index (χ3n) is 4.70. The van der Waals surface area contributed by atoms with E-state index in [0.29, 0.717) is 16.8 Å². The molecule has 4 heterocycles. The zero-order valence-electron chi connectivity index (χ0n) is 15.7. The number of rotatable bonds is 5. The molecule has 142 valence electrons. The topological polar surface area (TPSA) is 115 Å². The van der Waals surface area contributed by atoms with Crippen molar-refractivity contribution in [2.45, 2.75) is 13.5 Å². The molecule has 2 N–H and O–H groups in total. The predicted octanol–water partition coefficient (Wildman–Crippen LogP) is 2.65. The SMILES string of the molecule is C=C(C(N)=O)c1ccc(-c2cc(-c3cnn(CC)c3)cn3ncc(C#N)c23)cn1. The van der Waals surface area contributed by atoms with Crippen molar-refractivity contribution in [2.75, 3.05) is 0 Å². The Hall–Kier alpha value is -4.25.